The van der Waals surface area contributed by atoms with Crippen molar-refractivity contribution in [2.75, 3.05) is 23.9 Å². The fourth-order valence-electron chi connectivity index (χ4n) is 4.47. The lowest BCUT2D eigenvalue weighted by molar-refractivity contribution is 0.102. The number of ether oxygens (including phenoxy) is 1. The van der Waals surface area contributed by atoms with Crippen molar-refractivity contribution in [2.45, 2.75) is 32.9 Å². The monoisotopic (exact) mass is 605 g/mol. The highest BCUT2D eigenvalue weighted by atomic mass is 19.1. The highest BCUT2D eigenvalue weighted by Crippen LogP contribution is 2.36. The van der Waals surface area contributed by atoms with E-state index in [1.807, 2.05) is 0 Å². The van der Waals surface area contributed by atoms with Gasteiger partial charge in [0, 0.05) is 43.3 Å². The maximum Gasteiger partial charge on any atom is 0.335 e. The van der Waals surface area contributed by atoms with E-state index >= 15 is 4.39 Å². The van der Waals surface area contributed by atoms with Crippen molar-refractivity contribution < 1.29 is 23.4 Å². The van der Waals surface area contributed by atoms with Crippen LogP contribution in [-0.4, -0.2) is 55.0 Å². The number of pyridine rings is 1. The number of nitrogens with one attached hydrogen (secondary N) is 2. The normalized spacial score (nSPS) is 12.0. The summed E-state index contributed by atoms with van der Waals surface area (Å²) in [6, 6.07) is 9.29. The number of aliphatic hydroxyl groups excluding tert-OH is 1. The molecule has 0 aliphatic rings. The zero-order chi connectivity index (χ0) is 31.7. The number of likely N-dealkylation sites (N-methyl/N-ethyl adjacent to an activating group) is 1. The molecule has 0 fully saturated rings. The lowest BCUT2D eigenvalue weighted by atomic mass is 10.2. The average Bonchev–Trinajstić information content (AvgIpc) is 3.43. The molecule has 1 unspecified atom stereocenters. The zero-order valence-electron chi connectivity index (χ0n) is 24.2. The van der Waals surface area contributed by atoms with Gasteiger partial charge in [-0.2, -0.15) is 5.10 Å². The first-order valence-corrected chi connectivity index (χ1v) is 13.6. The Morgan fingerprint density at radius 2 is 1.82 bits per heavy atom. The second kappa shape index (κ2) is 12.1. The summed E-state index contributed by atoms with van der Waals surface area (Å²) in [6.07, 6.45) is 2.61. The number of amides is 1. The topological polar surface area (TPSA) is 147 Å². The van der Waals surface area contributed by atoms with E-state index in [1.165, 1.54) is 35.0 Å². The molecule has 1 atom stereocenters. The molecule has 1 amide bonds. The Hall–Kier alpha value is -5.37. The van der Waals surface area contributed by atoms with Crippen molar-refractivity contribution in [3.8, 4) is 17.2 Å². The standard InChI is InChI=1S/C30H29F2N7O5/c1-16(2)38-14-21(29(42)39(30(38)43)20-8-5-18(31)6-9-20)28(41)34-19-7-10-23(22(32)13-19)44-24-11-12-33-26-25(24)27(36-35-26)37(4)17(3)15-40/h5-14,16-17,40H,15H2,1-4H3,(H,34,41)(H,33,35,36). The Kier molecular flexibility index (Phi) is 8.27. The minimum absolute atomic E-state index is 0.0234. The van der Waals surface area contributed by atoms with E-state index < -0.39 is 34.8 Å². The molecular formula is C30H29F2N7O5. The van der Waals surface area contributed by atoms with Crippen LogP contribution in [0.3, 0.4) is 0 Å². The van der Waals surface area contributed by atoms with Crippen molar-refractivity contribution in [2.24, 2.45) is 0 Å². The van der Waals surface area contributed by atoms with Crippen LogP contribution in [0, 0.1) is 11.6 Å². The van der Waals surface area contributed by atoms with E-state index in [-0.39, 0.29) is 41.1 Å². The first-order chi connectivity index (χ1) is 21.0. The van der Waals surface area contributed by atoms with E-state index in [4.69, 9.17) is 4.74 Å². The Labute approximate surface area is 249 Å². The molecule has 228 valence electrons. The fraction of sp³-hybridized carbons (Fsp3) is 0.233. The van der Waals surface area contributed by atoms with Crippen LogP contribution in [0.1, 0.15) is 37.2 Å². The Bertz CT molecular complexity index is 1970. The van der Waals surface area contributed by atoms with Crippen molar-refractivity contribution in [3.05, 3.63) is 99.0 Å². The van der Waals surface area contributed by atoms with Crippen molar-refractivity contribution >= 4 is 28.4 Å². The molecule has 0 spiro atoms. The summed E-state index contributed by atoms with van der Waals surface area (Å²) >= 11 is 0. The number of hydrogen-bond acceptors (Lipinski definition) is 8. The van der Waals surface area contributed by atoms with Crippen LogP contribution in [0.25, 0.3) is 16.7 Å². The smallest absolute Gasteiger partial charge is 0.335 e. The predicted molar refractivity (Wildman–Crippen MR) is 160 cm³/mol. The van der Waals surface area contributed by atoms with Crippen molar-refractivity contribution in [1.82, 2.24) is 24.3 Å². The predicted octanol–water partition coefficient (Wildman–Crippen LogP) is 3.99. The number of nitrogens with zero attached hydrogens (tertiary/aromatic N) is 5. The summed E-state index contributed by atoms with van der Waals surface area (Å²) in [5, 5.41) is 19.6. The molecular weight excluding hydrogens is 576 g/mol. The second-order valence-corrected chi connectivity index (χ2v) is 10.4. The number of aromatic amines is 1. The second-order valence-electron chi connectivity index (χ2n) is 10.4. The molecule has 0 saturated carbocycles. The van der Waals surface area contributed by atoms with E-state index in [0.717, 1.165) is 29.0 Å². The highest BCUT2D eigenvalue weighted by Gasteiger charge is 2.22. The summed E-state index contributed by atoms with van der Waals surface area (Å²) in [4.78, 5) is 45.6. The van der Waals surface area contributed by atoms with Gasteiger partial charge < -0.3 is 20.1 Å². The van der Waals surface area contributed by atoms with Crippen LogP contribution < -0.4 is 26.2 Å². The number of fused-ring (bicyclic) bond motifs is 1. The first kappa shape index (κ1) is 30.1. The lowest BCUT2D eigenvalue weighted by Crippen LogP contribution is -2.42. The quantitative estimate of drug-likeness (QED) is 0.229. The van der Waals surface area contributed by atoms with E-state index in [1.54, 1.807) is 38.8 Å². The maximum absolute atomic E-state index is 15.3. The summed E-state index contributed by atoms with van der Waals surface area (Å²) in [5.74, 6) is -1.71. The third kappa shape index (κ3) is 5.66. The molecule has 44 heavy (non-hydrogen) atoms. The van der Waals surface area contributed by atoms with Crippen LogP contribution >= 0.6 is 0 Å². The number of H-pyrrole nitrogens is 1. The molecule has 3 aromatic heterocycles. The van der Waals surface area contributed by atoms with Gasteiger partial charge in [-0.15, -0.1) is 0 Å². The van der Waals surface area contributed by atoms with Gasteiger partial charge >= 0.3 is 5.69 Å². The number of hydrogen-bond donors (Lipinski definition) is 3. The Balaban J connectivity index is 1.45. The number of rotatable bonds is 9. The number of carbonyl (C=O) groups is 1. The van der Waals surface area contributed by atoms with Crippen molar-refractivity contribution in [1.29, 1.82) is 0 Å². The van der Waals surface area contributed by atoms with E-state index in [0.29, 0.717) is 16.9 Å². The summed E-state index contributed by atoms with van der Waals surface area (Å²) in [7, 11) is 1.74. The number of aromatic nitrogens is 5. The Morgan fingerprint density at radius 1 is 1.09 bits per heavy atom. The van der Waals surface area contributed by atoms with Crippen LogP contribution in [0.4, 0.5) is 20.3 Å². The molecule has 0 aliphatic carbocycles. The molecule has 0 saturated heterocycles. The number of benzene rings is 2. The molecule has 5 aromatic rings. The third-order valence-corrected chi connectivity index (χ3v) is 7.07. The van der Waals surface area contributed by atoms with Crippen LogP contribution in [0.5, 0.6) is 11.5 Å². The van der Waals surface area contributed by atoms with Gasteiger partial charge in [-0.05, 0) is 57.2 Å². The van der Waals surface area contributed by atoms with Crippen molar-refractivity contribution in [3.63, 3.8) is 0 Å². The Morgan fingerprint density at radius 3 is 2.48 bits per heavy atom. The number of halogens is 2. The minimum atomic E-state index is -0.922. The molecule has 12 nitrogen and oxygen atoms in total. The summed E-state index contributed by atoms with van der Waals surface area (Å²) < 4.78 is 36.6. The molecule has 0 radical (unpaired) electrons. The highest BCUT2D eigenvalue weighted by molar-refractivity contribution is 6.04. The van der Waals surface area contributed by atoms with Gasteiger partial charge in [-0.25, -0.2) is 23.1 Å². The third-order valence-electron chi connectivity index (χ3n) is 7.07. The lowest BCUT2D eigenvalue weighted by Gasteiger charge is -2.23. The molecule has 0 aliphatic heterocycles. The van der Waals surface area contributed by atoms with Crippen LogP contribution in [-0.2, 0) is 0 Å². The minimum Gasteiger partial charge on any atom is -0.453 e. The molecule has 14 heteroatoms. The van der Waals surface area contributed by atoms with Gasteiger partial charge in [-0.1, -0.05) is 0 Å². The van der Waals surface area contributed by atoms with Crippen LogP contribution in [0.15, 0.2) is 70.5 Å². The zero-order valence-corrected chi connectivity index (χ0v) is 24.2. The number of anilines is 2. The molecule has 0 bridgehead atoms. The molecule has 2 aromatic carbocycles. The van der Waals surface area contributed by atoms with Gasteiger partial charge in [0.05, 0.1) is 18.3 Å². The fourth-order valence-corrected chi connectivity index (χ4v) is 4.47. The average molecular weight is 606 g/mol. The SMILES string of the molecule is CC(CO)N(C)c1n[nH]c2nccc(Oc3ccc(NC(=O)c4cn(C(C)C)c(=O)n(-c5ccc(F)cc5)c4=O)cc3F)c12. The van der Waals surface area contributed by atoms with Gasteiger partial charge in [0.1, 0.15) is 22.5 Å². The molecule has 3 N–H and O–H groups in total. The first-order valence-electron chi connectivity index (χ1n) is 13.6. The molecule has 5 rings (SSSR count). The summed E-state index contributed by atoms with van der Waals surface area (Å²) in [5.41, 5.74) is -1.50. The number of aliphatic hydroxyl groups is 1. The van der Waals surface area contributed by atoms with Gasteiger partial charge in [0.2, 0.25) is 0 Å². The van der Waals surface area contributed by atoms with Gasteiger partial charge in [0.15, 0.2) is 23.0 Å². The maximum atomic E-state index is 15.3. The summed E-state index contributed by atoms with van der Waals surface area (Å²) in [6.45, 7) is 5.08. The van der Waals surface area contributed by atoms with Crippen LogP contribution in [0.2, 0.25) is 0 Å². The van der Waals surface area contributed by atoms with E-state index in [2.05, 4.69) is 20.5 Å². The largest absolute Gasteiger partial charge is 0.453 e. The number of carbonyl (C=O) groups excluding carboxylic acids is 1. The van der Waals surface area contributed by atoms with Gasteiger partial charge in [-0.3, -0.25) is 19.3 Å². The molecule has 3 heterocycles. The van der Waals surface area contributed by atoms with Gasteiger partial charge in [0.25, 0.3) is 11.5 Å². The van der Waals surface area contributed by atoms with E-state index in [9.17, 15) is 23.9 Å².